The van der Waals surface area contributed by atoms with E-state index in [0.717, 1.165) is 15.6 Å². The number of rotatable bonds is 11. The predicted molar refractivity (Wildman–Crippen MR) is 123 cm³/mol. The van der Waals surface area contributed by atoms with E-state index < -0.39 is 0 Å². The van der Waals surface area contributed by atoms with Gasteiger partial charge in [0.2, 0.25) is 5.88 Å². The molecule has 1 aromatic heterocycles. The van der Waals surface area contributed by atoms with Crippen molar-refractivity contribution in [3.8, 4) is 17.4 Å². The van der Waals surface area contributed by atoms with Gasteiger partial charge in [-0.15, -0.1) is 0 Å². The molecule has 0 amide bonds. The average Bonchev–Trinajstić information content (AvgIpc) is 2.76. The fraction of sp³-hybridized carbons (Fsp3) is 0.261. The zero-order valence-corrected chi connectivity index (χ0v) is 19.1. The zero-order chi connectivity index (χ0) is 21.2. The van der Waals surface area contributed by atoms with Crippen LogP contribution in [0.25, 0.3) is 0 Å². The smallest absolute Gasteiger partial charge is 0.213 e. The Bertz CT molecular complexity index is 941. The molecule has 3 aromatic rings. The predicted octanol–water partition coefficient (Wildman–Crippen LogP) is 5.64. The maximum Gasteiger partial charge on any atom is 0.213 e. The molecule has 7 heteroatoms. The average molecular weight is 492 g/mol. The van der Waals surface area contributed by atoms with Crippen molar-refractivity contribution in [1.82, 2.24) is 10.3 Å². The molecule has 30 heavy (non-hydrogen) atoms. The van der Waals surface area contributed by atoms with Gasteiger partial charge in [0.1, 0.15) is 13.2 Å². The second-order valence-electron chi connectivity index (χ2n) is 6.40. The number of aromatic nitrogens is 1. The molecule has 2 aromatic carbocycles. The van der Waals surface area contributed by atoms with Crippen LogP contribution in [0.3, 0.4) is 0 Å². The lowest BCUT2D eigenvalue weighted by molar-refractivity contribution is 0.268. The first-order chi connectivity index (χ1) is 14.7. The van der Waals surface area contributed by atoms with Gasteiger partial charge >= 0.3 is 0 Å². The van der Waals surface area contributed by atoms with Crippen molar-refractivity contribution in [2.75, 3.05) is 19.8 Å². The van der Waals surface area contributed by atoms with Crippen LogP contribution in [0.2, 0.25) is 5.02 Å². The molecule has 0 bridgehead atoms. The fourth-order valence-corrected chi connectivity index (χ4v) is 3.40. The van der Waals surface area contributed by atoms with Gasteiger partial charge in [0.15, 0.2) is 11.5 Å². The molecule has 158 valence electrons. The Hall–Kier alpha value is -2.28. The van der Waals surface area contributed by atoms with Crippen LogP contribution >= 0.6 is 27.5 Å². The number of halogens is 2. The van der Waals surface area contributed by atoms with E-state index in [1.165, 1.54) is 0 Å². The maximum atomic E-state index is 6.23. The summed E-state index contributed by atoms with van der Waals surface area (Å²) < 4.78 is 18.3. The van der Waals surface area contributed by atoms with Gasteiger partial charge in [0.25, 0.3) is 0 Å². The molecule has 0 saturated carbocycles. The quantitative estimate of drug-likeness (QED) is 0.352. The van der Waals surface area contributed by atoms with Crippen molar-refractivity contribution >= 4 is 27.5 Å². The van der Waals surface area contributed by atoms with Crippen LogP contribution in [-0.2, 0) is 13.2 Å². The van der Waals surface area contributed by atoms with E-state index in [1.807, 2.05) is 61.5 Å². The molecule has 0 fully saturated rings. The molecule has 0 saturated heterocycles. The van der Waals surface area contributed by atoms with E-state index in [4.69, 9.17) is 25.8 Å². The number of benzene rings is 2. The number of ether oxygens (including phenoxy) is 3. The minimum absolute atomic E-state index is 0.370. The highest BCUT2D eigenvalue weighted by atomic mass is 79.9. The molecule has 0 aliphatic rings. The first-order valence-corrected chi connectivity index (χ1v) is 10.9. The third kappa shape index (κ3) is 6.62. The Morgan fingerprint density at radius 1 is 0.967 bits per heavy atom. The Kier molecular flexibility index (Phi) is 8.81. The lowest BCUT2D eigenvalue weighted by atomic mass is 10.2. The molecule has 0 aliphatic carbocycles. The van der Waals surface area contributed by atoms with Gasteiger partial charge in [-0.25, -0.2) is 4.98 Å². The van der Waals surface area contributed by atoms with Crippen LogP contribution in [0.5, 0.6) is 17.4 Å². The van der Waals surface area contributed by atoms with Gasteiger partial charge in [-0.1, -0.05) is 51.8 Å². The van der Waals surface area contributed by atoms with E-state index in [0.29, 0.717) is 55.3 Å². The Morgan fingerprint density at radius 2 is 1.77 bits per heavy atom. The first-order valence-electron chi connectivity index (χ1n) is 9.73. The minimum Gasteiger partial charge on any atom is -0.490 e. The van der Waals surface area contributed by atoms with Crippen molar-refractivity contribution in [2.24, 2.45) is 0 Å². The first kappa shape index (κ1) is 22.4. The highest BCUT2D eigenvalue weighted by molar-refractivity contribution is 9.10. The number of hydrogen-bond donors (Lipinski definition) is 1. The molecule has 0 aliphatic heterocycles. The van der Waals surface area contributed by atoms with E-state index >= 15 is 0 Å². The summed E-state index contributed by atoms with van der Waals surface area (Å²) in [7, 11) is 0. The summed E-state index contributed by atoms with van der Waals surface area (Å²) in [6, 6.07) is 17.2. The lowest BCUT2D eigenvalue weighted by Gasteiger charge is -2.16. The van der Waals surface area contributed by atoms with E-state index in [2.05, 4.69) is 26.2 Å². The SMILES string of the molecule is CCOc1cc(CNCCOc2ccccn2)c(Br)cc1OCc1ccccc1Cl. The molecular weight excluding hydrogens is 468 g/mol. The Morgan fingerprint density at radius 3 is 2.53 bits per heavy atom. The van der Waals surface area contributed by atoms with Gasteiger partial charge in [-0.3, -0.25) is 0 Å². The molecular formula is C23H24BrClN2O3. The summed E-state index contributed by atoms with van der Waals surface area (Å²) in [5, 5.41) is 4.05. The Labute approximate surface area is 190 Å². The summed E-state index contributed by atoms with van der Waals surface area (Å²) in [4.78, 5) is 4.14. The highest BCUT2D eigenvalue weighted by Gasteiger charge is 2.12. The van der Waals surface area contributed by atoms with Crippen LogP contribution < -0.4 is 19.5 Å². The van der Waals surface area contributed by atoms with Gasteiger partial charge < -0.3 is 19.5 Å². The van der Waals surface area contributed by atoms with Crippen molar-refractivity contribution in [2.45, 2.75) is 20.1 Å². The van der Waals surface area contributed by atoms with Gasteiger partial charge in [0, 0.05) is 40.4 Å². The number of pyridine rings is 1. The van der Waals surface area contributed by atoms with Crippen LogP contribution in [-0.4, -0.2) is 24.7 Å². The molecule has 0 spiro atoms. The minimum atomic E-state index is 0.370. The van der Waals surface area contributed by atoms with Crippen molar-refractivity contribution in [3.63, 3.8) is 0 Å². The molecule has 1 heterocycles. The molecule has 0 atom stereocenters. The molecule has 0 unspecified atom stereocenters. The standard InChI is InChI=1S/C23H24BrClN2O3/c1-2-28-21-13-18(15-26-11-12-29-23-9-5-6-10-27-23)19(24)14-22(21)30-16-17-7-3-4-8-20(17)25/h3-10,13-14,26H,2,11-12,15-16H2,1H3. The fourth-order valence-electron chi connectivity index (χ4n) is 2.75. The number of hydrogen-bond acceptors (Lipinski definition) is 5. The van der Waals surface area contributed by atoms with E-state index in [-0.39, 0.29) is 0 Å². The number of nitrogens with zero attached hydrogens (tertiary/aromatic N) is 1. The third-order valence-corrected chi connectivity index (χ3v) is 5.34. The summed E-state index contributed by atoms with van der Waals surface area (Å²) in [5.74, 6) is 2.00. The summed E-state index contributed by atoms with van der Waals surface area (Å²) in [6.07, 6.45) is 1.71. The maximum absolute atomic E-state index is 6.23. The third-order valence-electron chi connectivity index (χ3n) is 4.24. The van der Waals surface area contributed by atoms with Crippen molar-refractivity contribution in [1.29, 1.82) is 0 Å². The zero-order valence-electron chi connectivity index (χ0n) is 16.7. The van der Waals surface area contributed by atoms with Crippen LogP contribution in [0.15, 0.2) is 65.3 Å². The van der Waals surface area contributed by atoms with Crippen LogP contribution in [0.1, 0.15) is 18.1 Å². The van der Waals surface area contributed by atoms with Crippen LogP contribution in [0, 0.1) is 0 Å². The van der Waals surface area contributed by atoms with Crippen molar-refractivity contribution < 1.29 is 14.2 Å². The second kappa shape index (κ2) is 11.8. The van der Waals surface area contributed by atoms with E-state index in [1.54, 1.807) is 6.20 Å². The highest BCUT2D eigenvalue weighted by Crippen LogP contribution is 2.34. The molecule has 3 rings (SSSR count). The summed E-state index contributed by atoms with van der Waals surface area (Å²) in [6.45, 7) is 4.76. The normalized spacial score (nSPS) is 10.6. The van der Waals surface area contributed by atoms with Gasteiger partial charge in [-0.05, 0) is 36.8 Å². The van der Waals surface area contributed by atoms with Gasteiger partial charge in [0.05, 0.1) is 6.61 Å². The van der Waals surface area contributed by atoms with Crippen molar-refractivity contribution in [3.05, 3.63) is 81.4 Å². The lowest BCUT2D eigenvalue weighted by Crippen LogP contribution is -2.21. The topological polar surface area (TPSA) is 52.6 Å². The summed E-state index contributed by atoms with van der Waals surface area (Å²) >= 11 is 9.86. The van der Waals surface area contributed by atoms with E-state index in [9.17, 15) is 0 Å². The molecule has 1 N–H and O–H groups in total. The molecule has 5 nitrogen and oxygen atoms in total. The monoisotopic (exact) mass is 490 g/mol. The largest absolute Gasteiger partial charge is 0.490 e. The number of nitrogens with one attached hydrogen (secondary N) is 1. The van der Waals surface area contributed by atoms with Gasteiger partial charge in [-0.2, -0.15) is 0 Å². The van der Waals surface area contributed by atoms with Crippen LogP contribution in [0.4, 0.5) is 0 Å². The molecule has 0 radical (unpaired) electrons. The Balaban J connectivity index is 1.57. The second-order valence-corrected chi connectivity index (χ2v) is 7.66. The summed E-state index contributed by atoms with van der Waals surface area (Å²) in [5.41, 5.74) is 2.00.